The molecule has 0 aromatic heterocycles. The topological polar surface area (TPSA) is 15.7 Å². The molecule has 0 atom stereocenters. The van der Waals surface area contributed by atoms with Crippen molar-refractivity contribution in [1.82, 2.24) is 0 Å². The number of hydrogen-bond donors (Lipinski definition) is 0. The Balaban J connectivity index is 1.08. The van der Waals surface area contributed by atoms with E-state index in [1.165, 1.54) is 104 Å². The molecule has 0 radical (unpaired) electrons. The van der Waals surface area contributed by atoms with Crippen LogP contribution in [0.3, 0.4) is 0 Å². The zero-order valence-electron chi connectivity index (χ0n) is 46.0. The van der Waals surface area contributed by atoms with Gasteiger partial charge in [-0.15, -0.1) is 0 Å². The monoisotopic (exact) mass is 1040 g/mol. The molecule has 0 saturated heterocycles. The van der Waals surface area contributed by atoms with Gasteiger partial charge in [0.05, 0.1) is 11.4 Å². The van der Waals surface area contributed by atoms with Gasteiger partial charge in [-0.1, -0.05) is 247 Å². The second-order valence-electron chi connectivity index (χ2n) is 24.0. The standard InChI is InChI=1S/C74H58B2N2OS/c1-73(2,3)53-41-65-71-68(43-53)79-67-39-51(47-23-11-7-12-24-47)35-37-57(67)75(71)59-45-60-64(46-63(59)77(65)61-33-21-19-31-55(61)49-27-15-9-16-28-49)78(62-34-22-20-32-56(62)50-29-17-10-18-30-50)66-42-54(74(4,5)6)44-70-72(66)76(60)58-38-36-52(40-69(58)80-70)48-25-13-8-14-26-48/h7-46H,1-6H3. The normalized spacial score (nSPS) is 13.6. The fourth-order valence-electron chi connectivity index (χ4n) is 13.0. The highest BCUT2D eigenvalue weighted by Gasteiger charge is 2.48. The first-order chi connectivity index (χ1) is 38.9. The fraction of sp³-hybridized carbons (Fsp3) is 0.108. The number of hydrogen-bond acceptors (Lipinski definition) is 4. The van der Waals surface area contributed by atoms with E-state index in [0.717, 1.165) is 39.8 Å². The van der Waals surface area contributed by atoms with Crippen LogP contribution in [0.4, 0.5) is 34.1 Å². The molecular weight excluding hydrogens is 987 g/mol. The molecule has 11 aromatic rings. The molecule has 0 amide bonds. The van der Waals surface area contributed by atoms with E-state index in [4.69, 9.17) is 4.74 Å². The Kier molecular flexibility index (Phi) is 11.2. The van der Waals surface area contributed by atoms with Crippen molar-refractivity contribution in [3.8, 4) is 56.0 Å². The zero-order chi connectivity index (χ0) is 54.0. The Labute approximate surface area is 475 Å². The van der Waals surface area contributed by atoms with Gasteiger partial charge in [-0.2, -0.15) is 0 Å². The average Bonchev–Trinajstić information content (AvgIpc) is 3.54. The highest BCUT2D eigenvalue weighted by atomic mass is 32.2. The van der Waals surface area contributed by atoms with Gasteiger partial charge in [0.1, 0.15) is 11.5 Å². The summed E-state index contributed by atoms with van der Waals surface area (Å²) in [6.07, 6.45) is 0. The summed E-state index contributed by atoms with van der Waals surface area (Å²) < 4.78 is 7.39. The molecule has 6 heteroatoms. The summed E-state index contributed by atoms with van der Waals surface area (Å²) in [5.41, 5.74) is 26.3. The first-order valence-corrected chi connectivity index (χ1v) is 28.9. The van der Waals surface area contributed by atoms with E-state index in [1.807, 2.05) is 11.8 Å². The summed E-state index contributed by atoms with van der Waals surface area (Å²) in [4.78, 5) is 7.85. The Hall–Kier alpha value is -8.70. The maximum Gasteiger partial charge on any atom is 0.256 e. The van der Waals surface area contributed by atoms with Crippen LogP contribution < -0.4 is 47.3 Å². The molecule has 3 nitrogen and oxygen atoms in total. The van der Waals surface area contributed by atoms with Crippen LogP contribution in [0.2, 0.25) is 0 Å². The molecule has 11 aromatic carbocycles. The molecule has 382 valence electrons. The first kappa shape index (κ1) is 48.4. The van der Waals surface area contributed by atoms with E-state index >= 15 is 0 Å². The van der Waals surface area contributed by atoms with Gasteiger partial charge in [0.2, 0.25) is 6.71 Å². The SMILES string of the molecule is CC(C)(C)c1cc2c3c(c1)N(c1ccccc1-c1ccccc1)c1cc4c(cc1B3c1ccc(-c3ccccc3)cc1O2)B1c2ccc(-c3ccccc3)cc2Sc2cc(C(C)(C)C)cc(c21)N4c1ccccc1-c1ccccc1. The van der Waals surface area contributed by atoms with Gasteiger partial charge in [-0.25, -0.2) is 0 Å². The van der Waals surface area contributed by atoms with Gasteiger partial charge >= 0.3 is 0 Å². The van der Waals surface area contributed by atoms with Crippen molar-refractivity contribution in [2.75, 3.05) is 9.80 Å². The Morgan fingerprint density at radius 2 is 0.762 bits per heavy atom. The number of nitrogens with zero attached hydrogens (tertiary/aromatic N) is 2. The van der Waals surface area contributed by atoms with Crippen LogP contribution in [-0.4, -0.2) is 13.4 Å². The quantitative estimate of drug-likeness (QED) is 0.154. The van der Waals surface area contributed by atoms with Crippen molar-refractivity contribution < 1.29 is 4.74 Å². The summed E-state index contributed by atoms with van der Waals surface area (Å²) in [6, 6.07) is 90.8. The number of benzene rings is 11. The molecule has 0 fully saturated rings. The zero-order valence-corrected chi connectivity index (χ0v) is 46.8. The largest absolute Gasteiger partial charge is 0.458 e. The molecule has 0 bridgehead atoms. The third kappa shape index (κ3) is 7.82. The highest BCUT2D eigenvalue weighted by molar-refractivity contribution is 8.00. The molecule has 0 unspecified atom stereocenters. The predicted octanol–water partition coefficient (Wildman–Crippen LogP) is 16.1. The van der Waals surface area contributed by atoms with Crippen LogP contribution in [0.15, 0.2) is 252 Å². The number of ether oxygens (including phenoxy) is 1. The van der Waals surface area contributed by atoms with Gasteiger partial charge in [-0.05, 0) is 137 Å². The summed E-state index contributed by atoms with van der Waals surface area (Å²) in [6.45, 7) is 13.8. The highest BCUT2D eigenvalue weighted by Crippen LogP contribution is 2.51. The van der Waals surface area contributed by atoms with E-state index < -0.39 is 0 Å². The molecule has 0 aliphatic carbocycles. The van der Waals surface area contributed by atoms with Gasteiger partial charge in [0.15, 0.2) is 0 Å². The number of anilines is 6. The Bertz CT molecular complexity index is 4010. The second-order valence-corrected chi connectivity index (χ2v) is 25.1. The van der Waals surface area contributed by atoms with Crippen LogP contribution in [0, 0.1) is 0 Å². The van der Waals surface area contributed by atoms with Gasteiger partial charge < -0.3 is 14.5 Å². The van der Waals surface area contributed by atoms with Crippen LogP contribution in [0.5, 0.6) is 11.5 Å². The van der Waals surface area contributed by atoms with Gasteiger partial charge in [0, 0.05) is 43.7 Å². The predicted molar refractivity (Wildman–Crippen MR) is 341 cm³/mol. The van der Waals surface area contributed by atoms with Crippen molar-refractivity contribution in [2.45, 2.75) is 62.2 Å². The van der Waals surface area contributed by atoms with Crippen LogP contribution in [0.1, 0.15) is 52.7 Å². The van der Waals surface area contributed by atoms with Crippen molar-refractivity contribution in [3.05, 3.63) is 254 Å². The summed E-state index contributed by atoms with van der Waals surface area (Å²) in [7, 11) is 0. The second kappa shape index (κ2) is 18.4. The van der Waals surface area contributed by atoms with E-state index in [0.29, 0.717) is 0 Å². The van der Waals surface area contributed by atoms with E-state index in [9.17, 15) is 0 Å². The smallest absolute Gasteiger partial charge is 0.256 e. The lowest BCUT2D eigenvalue weighted by Gasteiger charge is -2.45. The minimum atomic E-state index is -0.186. The molecule has 4 aliphatic rings. The van der Waals surface area contributed by atoms with Crippen molar-refractivity contribution in [2.24, 2.45) is 0 Å². The summed E-state index contributed by atoms with van der Waals surface area (Å²) >= 11 is 1.94. The van der Waals surface area contributed by atoms with Gasteiger partial charge in [0.25, 0.3) is 6.71 Å². The Morgan fingerprint density at radius 3 is 1.30 bits per heavy atom. The lowest BCUT2D eigenvalue weighted by molar-refractivity contribution is 0.483. The molecule has 80 heavy (non-hydrogen) atoms. The van der Waals surface area contributed by atoms with Crippen molar-refractivity contribution >= 4 is 92.1 Å². The number of para-hydroxylation sites is 2. The molecule has 4 heterocycles. The van der Waals surface area contributed by atoms with Gasteiger partial charge in [-0.3, -0.25) is 0 Å². The summed E-state index contributed by atoms with van der Waals surface area (Å²) in [5.74, 6) is 1.81. The summed E-state index contributed by atoms with van der Waals surface area (Å²) in [5, 5.41) is 0. The first-order valence-electron chi connectivity index (χ1n) is 28.1. The van der Waals surface area contributed by atoms with E-state index in [2.05, 4.69) is 294 Å². The Morgan fingerprint density at radius 1 is 0.312 bits per heavy atom. The van der Waals surface area contributed by atoms with Crippen molar-refractivity contribution in [1.29, 1.82) is 0 Å². The molecule has 0 N–H and O–H groups in total. The number of fused-ring (bicyclic) bond motifs is 8. The third-order valence-electron chi connectivity index (χ3n) is 17.1. The molecule has 15 rings (SSSR count). The van der Waals surface area contributed by atoms with Crippen LogP contribution >= 0.6 is 11.8 Å². The van der Waals surface area contributed by atoms with Crippen molar-refractivity contribution in [3.63, 3.8) is 0 Å². The number of rotatable bonds is 6. The minimum absolute atomic E-state index is 0.0653. The lowest BCUT2D eigenvalue weighted by Crippen LogP contribution is -2.64. The maximum atomic E-state index is 7.39. The fourth-order valence-corrected chi connectivity index (χ4v) is 14.3. The maximum absolute atomic E-state index is 7.39. The van der Waals surface area contributed by atoms with Crippen LogP contribution in [0.25, 0.3) is 44.5 Å². The molecule has 0 saturated carbocycles. The minimum Gasteiger partial charge on any atom is -0.458 e. The average molecular weight is 1040 g/mol. The van der Waals surface area contributed by atoms with E-state index in [1.54, 1.807) is 0 Å². The molecule has 0 spiro atoms. The molecule has 4 aliphatic heterocycles. The molecular formula is C74H58B2N2OS. The van der Waals surface area contributed by atoms with Crippen LogP contribution in [-0.2, 0) is 10.8 Å². The lowest BCUT2D eigenvalue weighted by atomic mass is 9.31. The van der Waals surface area contributed by atoms with E-state index in [-0.39, 0.29) is 24.3 Å². The third-order valence-corrected chi connectivity index (χ3v) is 18.2.